The van der Waals surface area contributed by atoms with Gasteiger partial charge in [-0.1, -0.05) is 0 Å². The first-order valence-corrected chi connectivity index (χ1v) is 5.69. The third kappa shape index (κ3) is 1.46. The number of imidazole rings is 1. The zero-order valence-electron chi connectivity index (χ0n) is 10.2. The molecule has 2 heterocycles. The molecule has 3 rings (SSSR count). The minimum absolute atomic E-state index is 0.328. The highest BCUT2D eigenvalue weighted by atomic mass is 16.3. The average Bonchev–Trinajstić information content (AvgIpc) is 2.99. The van der Waals surface area contributed by atoms with Gasteiger partial charge in [-0.25, -0.2) is 4.98 Å². The Kier molecular flexibility index (Phi) is 2.30. The van der Waals surface area contributed by atoms with Crippen LogP contribution in [0.15, 0.2) is 28.9 Å². The molecule has 0 atom stereocenters. The predicted molar refractivity (Wildman–Crippen MR) is 68.7 cm³/mol. The molecule has 3 aromatic rings. The molecule has 0 aliphatic carbocycles. The van der Waals surface area contributed by atoms with E-state index in [9.17, 15) is 4.79 Å². The van der Waals surface area contributed by atoms with Crippen molar-refractivity contribution in [3.63, 3.8) is 0 Å². The lowest BCUT2D eigenvalue weighted by Crippen LogP contribution is -1.89. The van der Waals surface area contributed by atoms with Crippen molar-refractivity contribution < 1.29 is 9.21 Å². The Balaban J connectivity index is 2.35. The van der Waals surface area contributed by atoms with Crippen LogP contribution in [0.4, 0.5) is 0 Å². The van der Waals surface area contributed by atoms with Gasteiger partial charge in [-0.2, -0.15) is 0 Å². The molecule has 0 unspecified atom stereocenters. The van der Waals surface area contributed by atoms with Crippen molar-refractivity contribution in [1.29, 1.82) is 0 Å². The number of furan rings is 1. The lowest BCUT2D eigenvalue weighted by molar-refractivity contribution is 0.110. The number of benzene rings is 1. The normalized spacial score (nSPS) is 11.0. The number of aldehydes is 1. The van der Waals surface area contributed by atoms with E-state index < -0.39 is 0 Å². The fourth-order valence-electron chi connectivity index (χ4n) is 2.17. The number of hydrogen-bond donors (Lipinski definition) is 1. The first kappa shape index (κ1) is 10.8. The molecular formula is C14H12N2O2. The summed E-state index contributed by atoms with van der Waals surface area (Å²) < 4.78 is 5.51. The van der Waals surface area contributed by atoms with Gasteiger partial charge in [0.25, 0.3) is 0 Å². The number of aromatic amines is 1. The van der Waals surface area contributed by atoms with E-state index in [1.54, 1.807) is 18.5 Å². The maximum atomic E-state index is 10.7. The summed E-state index contributed by atoms with van der Waals surface area (Å²) in [5.41, 5.74) is 5.05. The number of nitrogens with zero attached hydrogens (tertiary/aromatic N) is 1. The van der Waals surface area contributed by atoms with Crippen molar-refractivity contribution in [2.24, 2.45) is 0 Å². The summed E-state index contributed by atoms with van der Waals surface area (Å²) >= 11 is 0. The fraction of sp³-hybridized carbons (Fsp3) is 0.143. The first-order valence-electron chi connectivity index (χ1n) is 5.69. The lowest BCUT2D eigenvalue weighted by atomic mass is 10.00. The van der Waals surface area contributed by atoms with Gasteiger partial charge in [0.05, 0.1) is 17.4 Å². The van der Waals surface area contributed by atoms with Crippen molar-refractivity contribution in [1.82, 2.24) is 9.97 Å². The molecule has 0 aliphatic heterocycles. The second kappa shape index (κ2) is 3.84. The number of hydrogen-bond acceptors (Lipinski definition) is 3. The number of aromatic nitrogens is 2. The van der Waals surface area contributed by atoms with Crippen molar-refractivity contribution >= 4 is 17.3 Å². The van der Waals surface area contributed by atoms with Crippen molar-refractivity contribution in [3.8, 4) is 11.3 Å². The van der Waals surface area contributed by atoms with Crippen LogP contribution < -0.4 is 0 Å². The van der Waals surface area contributed by atoms with Gasteiger partial charge in [0.1, 0.15) is 5.76 Å². The fourth-order valence-corrected chi connectivity index (χ4v) is 2.17. The van der Waals surface area contributed by atoms with Crippen LogP contribution in [0.2, 0.25) is 0 Å². The van der Waals surface area contributed by atoms with E-state index in [0.29, 0.717) is 17.8 Å². The number of rotatable bonds is 2. The van der Waals surface area contributed by atoms with E-state index in [-0.39, 0.29) is 0 Å². The number of carbonyl (C=O) groups excluding carboxylic acids is 1. The minimum atomic E-state index is 0.328. The Bertz CT molecular complexity index is 737. The van der Waals surface area contributed by atoms with Crippen molar-refractivity contribution in [2.45, 2.75) is 13.8 Å². The van der Waals surface area contributed by atoms with Crippen LogP contribution in [0, 0.1) is 13.8 Å². The molecule has 4 heteroatoms. The van der Waals surface area contributed by atoms with E-state index in [1.165, 1.54) is 0 Å². The molecule has 0 bridgehead atoms. The molecule has 4 nitrogen and oxygen atoms in total. The van der Waals surface area contributed by atoms with Crippen LogP contribution in [0.1, 0.15) is 21.7 Å². The van der Waals surface area contributed by atoms with Gasteiger partial charge < -0.3 is 9.40 Å². The molecule has 90 valence electrons. The maximum Gasteiger partial charge on any atom is 0.185 e. The molecule has 2 aromatic heterocycles. The predicted octanol–water partition coefficient (Wildman–Crippen LogP) is 3.25. The Morgan fingerprint density at radius 1 is 1.33 bits per heavy atom. The summed E-state index contributed by atoms with van der Waals surface area (Å²) in [6.45, 7) is 4.07. The number of H-pyrrole nitrogens is 1. The van der Waals surface area contributed by atoms with Gasteiger partial charge in [-0.3, -0.25) is 4.79 Å². The molecule has 1 aromatic carbocycles. The van der Waals surface area contributed by atoms with E-state index in [1.807, 2.05) is 13.8 Å². The highest BCUT2D eigenvalue weighted by Crippen LogP contribution is 2.33. The number of fused-ring (bicyclic) bond motifs is 1. The zero-order valence-corrected chi connectivity index (χ0v) is 10.2. The molecule has 0 saturated heterocycles. The summed E-state index contributed by atoms with van der Waals surface area (Å²) in [4.78, 5) is 18.1. The van der Waals surface area contributed by atoms with Gasteiger partial charge in [-0.15, -0.1) is 0 Å². The number of carbonyl (C=O) groups is 1. The van der Waals surface area contributed by atoms with Gasteiger partial charge in [0.15, 0.2) is 12.0 Å². The average molecular weight is 240 g/mol. The molecule has 0 spiro atoms. The summed E-state index contributed by atoms with van der Waals surface area (Å²) in [5.74, 6) is 1.00. The maximum absolute atomic E-state index is 10.7. The van der Waals surface area contributed by atoms with Crippen molar-refractivity contribution in [2.75, 3.05) is 0 Å². The Hall–Kier alpha value is -2.36. The SMILES string of the molecule is Cc1cc2[nH]cnc2c(-c2ccc(C=O)o2)c1C. The zero-order chi connectivity index (χ0) is 12.7. The molecular weight excluding hydrogens is 228 g/mol. The molecule has 0 radical (unpaired) electrons. The monoisotopic (exact) mass is 240 g/mol. The molecule has 1 N–H and O–H groups in total. The summed E-state index contributed by atoms with van der Waals surface area (Å²) in [6, 6.07) is 5.53. The summed E-state index contributed by atoms with van der Waals surface area (Å²) in [6.07, 6.45) is 2.37. The highest BCUT2D eigenvalue weighted by Gasteiger charge is 2.15. The third-order valence-corrected chi connectivity index (χ3v) is 3.22. The Morgan fingerprint density at radius 3 is 2.89 bits per heavy atom. The van der Waals surface area contributed by atoms with E-state index in [2.05, 4.69) is 16.0 Å². The van der Waals surface area contributed by atoms with Gasteiger partial charge in [0.2, 0.25) is 0 Å². The second-order valence-electron chi connectivity index (χ2n) is 4.31. The standard InChI is InChI=1S/C14H12N2O2/c1-8-5-11-14(16-7-15-11)13(9(8)2)12-4-3-10(6-17)18-12/h3-7H,1-2H3,(H,15,16). The highest BCUT2D eigenvalue weighted by molar-refractivity contribution is 5.93. The van der Waals surface area contributed by atoms with Crippen LogP contribution in [0.25, 0.3) is 22.4 Å². The van der Waals surface area contributed by atoms with Crippen LogP contribution in [-0.2, 0) is 0 Å². The minimum Gasteiger partial charge on any atom is -0.453 e. The molecule has 18 heavy (non-hydrogen) atoms. The quantitative estimate of drug-likeness (QED) is 0.699. The second-order valence-corrected chi connectivity index (χ2v) is 4.31. The Labute approximate surface area is 104 Å². The number of nitrogens with one attached hydrogen (secondary N) is 1. The van der Waals surface area contributed by atoms with E-state index in [0.717, 1.165) is 27.7 Å². The summed E-state index contributed by atoms with van der Waals surface area (Å²) in [7, 11) is 0. The topological polar surface area (TPSA) is 58.9 Å². The summed E-state index contributed by atoms with van der Waals surface area (Å²) in [5, 5.41) is 0. The molecule has 0 saturated carbocycles. The van der Waals surface area contributed by atoms with Gasteiger partial charge in [-0.05, 0) is 43.2 Å². The molecule has 0 fully saturated rings. The van der Waals surface area contributed by atoms with Crippen LogP contribution >= 0.6 is 0 Å². The van der Waals surface area contributed by atoms with E-state index in [4.69, 9.17) is 4.42 Å². The number of aryl methyl sites for hydroxylation is 1. The van der Waals surface area contributed by atoms with Crippen molar-refractivity contribution in [3.05, 3.63) is 41.4 Å². The van der Waals surface area contributed by atoms with Gasteiger partial charge >= 0.3 is 0 Å². The molecule has 0 aliphatic rings. The first-order chi connectivity index (χ1) is 8.70. The third-order valence-electron chi connectivity index (χ3n) is 3.22. The Morgan fingerprint density at radius 2 is 2.17 bits per heavy atom. The smallest absolute Gasteiger partial charge is 0.185 e. The van der Waals surface area contributed by atoms with Gasteiger partial charge in [0, 0.05) is 5.56 Å². The van der Waals surface area contributed by atoms with Crippen LogP contribution in [0.3, 0.4) is 0 Å². The van der Waals surface area contributed by atoms with Crippen LogP contribution in [-0.4, -0.2) is 16.3 Å². The molecule has 0 amide bonds. The van der Waals surface area contributed by atoms with Crippen LogP contribution in [0.5, 0.6) is 0 Å². The largest absolute Gasteiger partial charge is 0.453 e. The van der Waals surface area contributed by atoms with E-state index >= 15 is 0 Å². The lowest BCUT2D eigenvalue weighted by Gasteiger charge is -2.07.